The van der Waals surface area contributed by atoms with Crippen LogP contribution in [0.3, 0.4) is 0 Å². The van der Waals surface area contributed by atoms with E-state index in [0.29, 0.717) is 13.0 Å². The number of ether oxygens (including phenoxy) is 1. The van der Waals surface area contributed by atoms with Gasteiger partial charge in [-0.2, -0.15) is 0 Å². The van der Waals surface area contributed by atoms with Crippen molar-refractivity contribution in [1.82, 2.24) is 5.32 Å². The number of carboxylic acids is 1. The fraction of sp³-hybridized carbons (Fsp3) is 0.300. The first-order valence-corrected chi connectivity index (χ1v) is 8.27. The Balaban J connectivity index is 1.84. The van der Waals surface area contributed by atoms with Crippen LogP contribution in [0.2, 0.25) is 0 Å². The Labute approximate surface area is 147 Å². The van der Waals surface area contributed by atoms with Crippen LogP contribution in [0, 0.1) is 13.8 Å². The minimum absolute atomic E-state index is 0.0118. The van der Waals surface area contributed by atoms with Gasteiger partial charge >= 0.3 is 5.97 Å². The van der Waals surface area contributed by atoms with Gasteiger partial charge in [-0.1, -0.05) is 30.3 Å². The second-order valence-electron chi connectivity index (χ2n) is 5.96. The van der Waals surface area contributed by atoms with Gasteiger partial charge in [0, 0.05) is 13.0 Å². The summed E-state index contributed by atoms with van der Waals surface area (Å²) >= 11 is 0. The maximum atomic E-state index is 11.5. The standard InChI is InChI=1S/C20H23NO4/c1-14-4-3-5-15(2)20(14)25-17-8-6-16(7-9-17)12-13-21-18(22)10-11-19(23)24/h3-9H,10-13H2,1-2H3,(H,21,22)(H,23,24). The predicted molar refractivity (Wildman–Crippen MR) is 96.0 cm³/mol. The zero-order valence-corrected chi connectivity index (χ0v) is 14.5. The first-order valence-electron chi connectivity index (χ1n) is 8.27. The van der Waals surface area contributed by atoms with Gasteiger partial charge in [0.1, 0.15) is 11.5 Å². The topological polar surface area (TPSA) is 75.6 Å². The van der Waals surface area contributed by atoms with E-state index in [1.807, 2.05) is 56.3 Å². The molecule has 2 aromatic rings. The fourth-order valence-corrected chi connectivity index (χ4v) is 2.46. The largest absolute Gasteiger partial charge is 0.481 e. The molecule has 0 saturated carbocycles. The minimum atomic E-state index is -0.963. The number of para-hydroxylation sites is 1. The summed E-state index contributed by atoms with van der Waals surface area (Å²) in [6, 6.07) is 13.8. The molecule has 0 radical (unpaired) electrons. The van der Waals surface area contributed by atoms with Crippen molar-refractivity contribution < 1.29 is 19.4 Å². The maximum Gasteiger partial charge on any atom is 0.303 e. The Morgan fingerprint density at radius 1 is 1.00 bits per heavy atom. The first kappa shape index (κ1) is 18.5. The van der Waals surface area contributed by atoms with Gasteiger partial charge < -0.3 is 15.2 Å². The summed E-state index contributed by atoms with van der Waals surface area (Å²) in [4.78, 5) is 21.9. The van der Waals surface area contributed by atoms with Crippen LogP contribution in [-0.4, -0.2) is 23.5 Å². The second-order valence-corrected chi connectivity index (χ2v) is 5.96. The lowest BCUT2D eigenvalue weighted by molar-refractivity contribution is -0.138. The Morgan fingerprint density at radius 3 is 2.24 bits per heavy atom. The Morgan fingerprint density at radius 2 is 1.64 bits per heavy atom. The number of aryl methyl sites for hydroxylation is 2. The quantitative estimate of drug-likeness (QED) is 0.769. The highest BCUT2D eigenvalue weighted by molar-refractivity contribution is 5.80. The normalized spacial score (nSPS) is 10.3. The molecule has 0 fully saturated rings. The van der Waals surface area contributed by atoms with E-state index in [9.17, 15) is 9.59 Å². The molecule has 5 heteroatoms. The van der Waals surface area contributed by atoms with E-state index in [4.69, 9.17) is 9.84 Å². The summed E-state index contributed by atoms with van der Waals surface area (Å²) in [7, 11) is 0. The highest BCUT2D eigenvalue weighted by Gasteiger charge is 2.06. The monoisotopic (exact) mass is 341 g/mol. The van der Waals surface area contributed by atoms with E-state index < -0.39 is 5.97 Å². The molecule has 0 aliphatic heterocycles. The van der Waals surface area contributed by atoms with Gasteiger partial charge in [0.15, 0.2) is 0 Å². The van der Waals surface area contributed by atoms with Gasteiger partial charge in [0.05, 0.1) is 6.42 Å². The van der Waals surface area contributed by atoms with Crippen molar-refractivity contribution in [3.8, 4) is 11.5 Å². The average molecular weight is 341 g/mol. The summed E-state index contributed by atoms with van der Waals surface area (Å²) in [6.45, 7) is 4.52. The fourth-order valence-electron chi connectivity index (χ4n) is 2.46. The molecule has 0 atom stereocenters. The number of carbonyl (C=O) groups is 2. The molecule has 0 heterocycles. The van der Waals surface area contributed by atoms with Crippen molar-refractivity contribution in [1.29, 1.82) is 0 Å². The third-order valence-electron chi connectivity index (χ3n) is 3.85. The van der Waals surface area contributed by atoms with Crippen molar-refractivity contribution in [2.75, 3.05) is 6.54 Å². The molecular formula is C20H23NO4. The van der Waals surface area contributed by atoms with Gasteiger partial charge in [-0.15, -0.1) is 0 Å². The van der Waals surface area contributed by atoms with E-state index in [2.05, 4.69) is 5.32 Å². The summed E-state index contributed by atoms with van der Waals surface area (Å²) < 4.78 is 5.97. The van der Waals surface area contributed by atoms with E-state index >= 15 is 0 Å². The molecule has 0 saturated heterocycles. The lowest BCUT2D eigenvalue weighted by atomic mass is 10.1. The molecule has 0 aliphatic carbocycles. The van der Waals surface area contributed by atoms with Crippen LogP contribution in [0.15, 0.2) is 42.5 Å². The van der Waals surface area contributed by atoms with Gasteiger partial charge in [0.2, 0.25) is 5.91 Å². The summed E-state index contributed by atoms with van der Waals surface area (Å²) in [5.41, 5.74) is 3.26. The van der Waals surface area contributed by atoms with Crippen molar-refractivity contribution in [2.24, 2.45) is 0 Å². The highest BCUT2D eigenvalue weighted by Crippen LogP contribution is 2.28. The molecule has 2 N–H and O–H groups in total. The third kappa shape index (κ3) is 5.95. The molecule has 2 aromatic carbocycles. The molecule has 0 aromatic heterocycles. The van der Waals surface area contributed by atoms with Gasteiger partial charge in [-0.25, -0.2) is 0 Å². The van der Waals surface area contributed by atoms with E-state index in [1.54, 1.807) is 0 Å². The molecule has 2 rings (SSSR count). The molecular weight excluding hydrogens is 318 g/mol. The number of aliphatic carboxylic acids is 1. The Hall–Kier alpha value is -2.82. The minimum Gasteiger partial charge on any atom is -0.481 e. The summed E-state index contributed by atoms with van der Waals surface area (Å²) in [5, 5.41) is 11.3. The van der Waals surface area contributed by atoms with Crippen LogP contribution in [-0.2, 0) is 16.0 Å². The molecule has 0 spiro atoms. The van der Waals surface area contributed by atoms with Gasteiger partial charge in [0.25, 0.3) is 0 Å². The third-order valence-corrected chi connectivity index (χ3v) is 3.85. The summed E-state index contributed by atoms with van der Waals surface area (Å²) in [6.07, 6.45) is 0.552. The highest BCUT2D eigenvalue weighted by atomic mass is 16.5. The van der Waals surface area contributed by atoms with Crippen LogP contribution in [0.4, 0.5) is 0 Å². The van der Waals surface area contributed by atoms with Crippen LogP contribution in [0.1, 0.15) is 29.5 Å². The SMILES string of the molecule is Cc1cccc(C)c1Oc1ccc(CCNC(=O)CCC(=O)O)cc1. The number of carbonyl (C=O) groups excluding carboxylic acids is 1. The van der Waals surface area contributed by atoms with E-state index in [-0.39, 0.29) is 18.7 Å². The Kier molecular flexibility index (Phi) is 6.57. The Bertz CT molecular complexity index is 718. The van der Waals surface area contributed by atoms with Gasteiger partial charge in [-0.05, 0) is 49.1 Å². The zero-order chi connectivity index (χ0) is 18.2. The number of amides is 1. The molecule has 0 aliphatic rings. The van der Waals surface area contributed by atoms with E-state index in [0.717, 1.165) is 28.2 Å². The van der Waals surface area contributed by atoms with Crippen LogP contribution in [0.5, 0.6) is 11.5 Å². The predicted octanol–water partition coefficient (Wildman–Crippen LogP) is 3.62. The number of carboxylic acid groups (broad SMARTS) is 1. The number of hydrogen-bond donors (Lipinski definition) is 2. The van der Waals surface area contributed by atoms with Crippen molar-refractivity contribution in [3.63, 3.8) is 0 Å². The number of benzene rings is 2. The zero-order valence-electron chi connectivity index (χ0n) is 14.5. The number of hydrogen-bond acceptors (Lipinski definition) is 3. The van der Waals surface area contributed by atoms with Crippen molar-refractivity contribution in [3.05, 3.63) is 59.2 Å². The smallest absolute Gasteiger partial charge is 0.303 e. The van der Waals surface area contributed by atoms with Crippen molar-refractivity contribution in [2.45, 2.75) is 33.1 Å². The molecule has 132 valence electrons. The average Bonchev–Trinajstić information content (AvgIpc) is 2.58. The number of nitrogens with one attached hydrogen (secondary N) is 1. The lowest BCUT2D eigenvalue weighted by Gasteiger charge is -2.12. The lowest BCUT2D eigenvalue weighted by Crippen LogP contribution is -2.25. The summed E-state index contributed by atoms with van der Waals surface area (Å²) in [5.74, 6) is 0.444. The van der Waals surface area contributed by atoms with Crippen LogP contribution >= 0.6 is 0 Å². The van der Waals surface area contributed by atoms with Gasteiger partial charge in [-0.3, -0.25) is 9.59 Å². The van der Waals surface area contributed by atoms with Crippen molar-refractivity contribution >= 4 is 11.9 Å². The van der Waals surface area contributed by atoms with Crippen LogP contribution in [0.25, 0.3) is 0 Å². The van der Waals surface area contributed by atoms with Crippen LogP contribution < -0.4 is 10.1 Å². The molecule has 0 bridgehead atoms. The number of rotatable bonds is 8. The molecule has 1 amide bonds. The maximum absolute atomic E-state index is 11.5. The molecule has 5 nitrogen and oxygen atoms in total. The molecule has 25 heavy (non-hydrogen) atoms. The molecule has 0 unspecified atom stereocenters. The second kappa shape index (κ2) is 8.87. The van der Waals surface area contributed by atoms with E-state index in [1.165, 1.54) is 0 Å². The first-order chi connectivity index (χ1) is 12.0.